The molecular weight excluding hydrogens is 266 g/mol. The lowest BCUT2D eigenvalue weighted by Crippen LogP contribution is -2.36. The maximum atomic E-state index is 12.5. The number of hydrogen-bond donors (Lipinski definition) is 1. The Labute approximate surface area is 112 Å². The van der Waals surface area contributed by atoms with Crippen molar-refractivity contribution in [2.24, 2.45) is 0 Å². The van der Waals surface area contributed by atoms with Gasteiger partial charge >= 0.3 is 5.97 Å². The second kappa shape index (κ2) is 5.30. The summed E-state index contributed by atoms with van der Waals surface area (Å²) in [5, 5.41) is 9.06. The Bertz CT molecular complexity index is 589. The molecule has 0 atom stereocenters. The van der Waals surface area contributed by atoms with Crippen molar-refractivity contribution in [3.8, 4) is 0 Å². The first-order valence-corrected chi connectivity index (χ1v) is 7.71. The third kappa shape index (κ3) is 2.64. The van der Waals surface area contributed by atoms with E-state index in [1.807, 2.05) is 0 Å². The lowest BCUT2D eigenvalue weighted by molar-refractivity contribution is 0.0696. The normalized spacial score (nSPS) is 17.3. The Morgan fingerprint density at radius 2 is 1.84 bits per heavy atom. The maximum absolute atomic E-state index is 12.5. The highest BCUT2D eigenvalue weighted by atomic mass is 32.2. The number of nitrogens with zero attached hydrogens (tertiary/aromatic N) is 1. The summed E-state index contributed by atoms with van der Waals surface area (Å²) in [7, 11) is -3.58. The highest BCUT2D eigenvalue weighted by Crippen LogP contribution is 2.25. The molecule has 0 bridgehead atoms. The van der Waals surface area contributed by atoms with Crippen LogP contribution in [0.5, 0.6) is 0 Å². The Morgan fingerprint density at radius 3 is 2.42 bits per heavy atom. The smallest absolute Gasteiger partial charge is 0.335 e. The van der Waals surface area contributed by atoms with Gasteiger partial charge in [0.1, 0.15) is 0 Å². The number of carboxylic acids is 1. The first kappa shape index (κ1) is 14.0. The SMILES string of the molecule is Cc1c(C(=O)O)cccc1S(=O)(=O)N1CCCCC1. The van der Waals surface area contributed by atoms with Gasteiger partial charge in [-0.15, -0.1) is 0 Å². The van der Waals surface area contributed by atoms with Gasteiger partial charge in [0.25, 0.3) is 0 Å². The van der Waals surface area contributed by atoms with Gasteiger partial charge in [0.15, 0.2) is 0 Å². The van der Waals surface area contributed by atoms with Gasteiger partial charge in [-0.25, -0.2) is 13.2 Å². The van der Waals surface area contributed by atoms with Crippen LogP contribution in [0.4, 0.5) is 0 Å². The van der Waals surface area contributed by atoms with Crippen molar-refractivity contribution >= 4 is 16.0 Å². The van der Waals surface area contributed by atoms with Crippen molar-refractivity contribution in [3.05, 3.63) is 29.3 Å². The average molecular weight is 283 g/mol. The van der Waals surface area contributed by atoms with Crippen LogP contribution < -0.4 is 0 Å². The Morgan fingerprint density at radius 1 is 1.21 bits per heavy atom. The number of benzene rings is 1. The van der Waals surface area contributed by atoms with Gasteiger partial charge in [-0.1, -0.05) is 12.5 Å². The molecule has 1 heterocycles. The molecule has 6 heteroatoms. The van der Waals surface area contributed by atoms with Gasteiger partial charge in [-0.05, 0) is 37.5 Å². The van der Waals surface area contributed by atoms with Crippen LogP contribution in [0.2, 0.25) is 0 Å². The van der Waals surface area contributed by atoms with E-state index < -0.39 is 16.0 Å². The Hall–Kier alpha value is -1.40. The molecule has 0 unspecified atom stereocenters. The zero-order chi connectivity index (χ0) is 14.0. The number of hydrogen-bond acceptors (Lipinski definition) is 3. The molecule has 1 saturated heterocycles. The Balaban J connectivity index is 2.46. The largest absolute Gasteiger partial charge is 0.478 e. The fourth-order valence-electron chi connectivity index (χ4n) is 2.37. The number of carbonyl (C=O) groups is 1. The van der Waals surface area contributed by atoms with Crippen LogP contribution in [-0.4, -0.2) is 36.9 Å². The first-order chi connectivity index (χ1) is 8.94. The molecular formula is C13H17NO4S. The molecule has 1 fully saturated rings. The molecule has 19 heavy (non-hydrogen) atoms. The van der Waals surface area contributed by atoms with E-state index in [1.165, 1.54) is 22.5 Å². The van der Waals surface area contributed by atoms with Crippen LogP contribution in [0.25, 0.3) is 0 Å². The van der Waals surface area contributed by atoms with Gasteiger partial charge in [0.2, 0.25) is 10.0 Å². The molecule has 0 spiro atoms. The second-order valence-electron chi connectivity index (χ2n) is 4.70. The standard InChI is InChI=1S/C13H17NO4S/c1-10-11(13(15)16)6-5-7-12(10)19(17,18)14-8-3-2-4-9-14/h5-7H,2-4,8-9H2,1H3,(H,15,16). The second-order valence-corrected chi connectivity index (χ2v) is 6.60. The number of piperidine rings is 1. The third-order valence-corrected chi connectivity index (χ3v) is 5.49. The quantitative estimate of drug-likeness (QED) is 0.919. The molecule has 1 aliphatic heterocycles. The van der Waals surface area contributed by atoms with E-state index in [0.717, 1.165) is 19.3 Å². The van der Waals surface area contributed by atoms with Crippen molar-refractivity contribution < 1.29 is 18.3 Å². The van der Waals surface area contributed by atoms with Gasteiger partial charge in [-0.2, -0.15) is 4.31 Å². The average Bonchev–Trinajstić information content (AvgIpc) is 2.39. The summed E-state index contributed by atoms with van der Waals surface area (Å²) in [5.41, 5.74) is 0.346. The summed E-state index contributed by atoms with van der Waals surface area (Å²) in [6, 6.07) is 4.38. The molecule has 0 saturated carbocycles. The van der Waals surface area contributed by atoms with Gasteiger partial charge in [0, 0.05) is 13.1 Å². The number of carboxylic acid groups (broad SMARTS) is 1. The predicted molar refractivity (Wildman–Crippen MR) is 70.7 cm³/mol. The van der Waals surface area contributed by atoms with E-state index in [9.17, 15) is 13.2 Å². The summed E-state index contributed by atoms with van der Waals surface area (Å²) < 4.78 is 26.5. The molecule has 104 valence electrons. The van der Waals surface area contributed by atoms with Crippen LogP contribution in [0.3, 0.4) is 0 Å². The van der Waals surface area contributed by atoms with E-state index in [1.54, 1.807) is 6.92 Å². The van der Waals surface area contributed by atoms with E-state index in [-0.39, 0.29) is 10.5 Å². The molecule has 0 aromatic heterocycles. The van der Waals surface area contributed by atoms with Gasteiger partial charge in [-0.3, -0.25) is 0 Å². The topological polar surface area (TPSA) is 74.7 Å². The first-order valence-electron chi connectivity index (χ1n) is 6.27. The number of sulfonamides is 1. The molecule has 1 aromatic rings. The number of rotatable bonds is 3. The monoisotopic (exact) mass is 283 g/mol. The molecule has 0 radical (unpaired) electrons. The highest BCUT2D eigenvalue weighted by Gasteiger charge is 2.28. The molecule has 1 N–H and O–H groups in total. The third-order valence-electron chi connectivity index (χ3n) is 3.45. The van der Waals surface area contributed by atoms with Crippen LogP contribution >= 0.6 is 0 Å². The van der Waals surface area contributed by atoms with E-state index in [4.69, 9.17) is 5.11 Å². The summed E-state index contributed by atoms with van der Waals surface area (Å²) in [6.45, 7) is 2.57. The molecule has 2 rings (SSSR count). The number of aromatic carboxylic acids is 1. The fourth-order valence-corrected chi connectivity index (χ4v) is 4.13. The van der Waals surface area contributed by atoms with Gasteiger partial charge in [0.05, 0.1) is 10.5 Å². The van der Waals surface area contributed by atoms with Crippen molar-refractivity contribution in [2.45, 2.75) is 31.1 Å². The summed E-state index contributed by atoms with van der Waals surface area (Å²) in [6.07, 6.45) is 2.76. The fraction of sp³-hybridized carbons (Fsp3) is 0.462. The molecule has 5 nitrogen and oxygen atoms in total. The molecule has 0 aliphatic carbocycles. The zero-order valence-corrected chi connectivity index (χ0v) is 11.6. The van der Waals surface area contributed by atoms with Crippen LogP contribution in [0.1, 0.15) is 35.2 Å². The van der Waals surface area contributed by atoms with Crippen molar-refractivity contribution in [1.82, 2.24) is 4.31 Å². The van der Waals surface area contributed by atoms with Crippen molar-refractivity contribution in [1.29, 1.82) is 0 Å². The molecule has 1 aromatic carbocycles. The van der Waals surface area contributed by atoms with Crippen molar-refractivity contribution in [3.63, 3.8) is 0 Å². The van der Waals surface area contributed by atoms with E-state index in [0.29, 0.717) is 18.7 Å². The van der Waals surface area contributed by atoms with Crippen LogP contribution in [-0.2, 0) is 10.0 Å². The van der Waals surface area contributed by atoms with Crippen LogP contribution in [0.15, 0.2) is 23.1 Å². The lowest BCUT2D eigenvalue weighted by atomic mass is 10.1. The zero-order valence-electron chi connectivity index (χ0n) is 10.8. The predicted octanol–water partition coefficient (Wildman–Crippen LogP) is 1.87. The summed E-state index contributed by atoms with van der Waals surface area (Å²) in [5.74, 6) is -1.10. The Kier molecular flexibility index (Phi) is 3.91. The van der Waals surface area contributed by atoms with Crippen LogP contribution in [0, 0.1) is 6.92 Å². The molecule has 1 aliphatic rings. The summed E-state index contributed by atoms with van der Waals surface area (Å²) in [4.78, 5) is 11.2. The lowest BCUT2D eigenvalue weighted by Gasteiger charge is -2.26. The summed E-state index contributed by atoms with van der Waals surface area (Å²) >= 11 is 0. The van der Waals surface area contributed by atoms with Gasteiger partial charge < -0.3 is 5.11 Å². The van der Waals surface area contributed by atoms with Crippen molar-refractivity contribution in [2.75, 3.05) is 13.1 Å². The maximum Gasteiger partial charge on any atom is 0.335 e. The minimum atomic E-state index is -3.58. The highest BCUT2D eigenvalue weighted by molar-refractivity contribution is 7.89. The van der Waals surface area contributed by atoms with E-state index >= 15 is 0 Å². The van der Waals surface area contributed by atoms with E-state index in [2.05, 4.69) is 0 Å². The minimum absolute atomic E-state index is 0.0399. The molecule has 0 amide bonds. The minimum Gasteiger partial charge on any atom is -0.478 e.